The summed E-state index contributed by atoms with van der Waals surface area (Å²) in [5.74, 6) is 0.285. The SMILES string of the molecule is CCN(CC)c1ccc(NC(=O)N2CCN([C@@H](C)C(=O)Nc3cccc(F)c3)CC2)cn1. The number of amides is 3. The Labute approximate surface area is 188 Å². The maximum absolute atomic E-state index is 13.3. The fourth-order valence-electron chi connectivity index (χ4n) is 3.69. The Kier molecular flexibility index (Phi) is 7.99. The van der Waals surface area contributed by atoms with Gasteiger partial charge in [-0.15, -0.1) is 0 Å². The van der Waals surface area contributed by atoms with Crippen molar-refractivity contribution in [3.63, 3.8) is 0 Å². The number of aromatic nitrogens is 1. The zero-order valence-corrected chi connectivity index (χ0v) is 18.8. The van der Waals surface area contributed by atoms with E-state index in [0.29, 0.717) is 37.6 Å². The van der Waals surface area contributed by atoms with Gasteiger partial charge in [-0.1, -0.05) is 6.07 Å². The maximum Gasteiger partial charge on any atom is 0.321 e. The van der Waals surface area contributed by atoms with Crippen LogP contribution in [0, 0.1) is 5.82 Å². The summed E-state index contributed by atoms with van der Waals surface area (Å²) >= 11 is 0. The number of halogens is 1. The molecule has 1 saturated heterocycles. The number of urea groups is 1. The molecule has 3 rings (SSSR count). The Morgan fingerprint density at radius 1 is 1.06 bits per heavy atom. The second kappa shape index (κ2) is 10.9. The van der Waals surface area contributed by atoms with Crippen LogP contribution < -0.4 is 15.5 Å². The van der Waals surface area contributed by atoms with E-state index in [1.165, 1.54) is 12.1 Å². The van der Waals surface area contributed by atoms with Crippen molar-refractivity contribution in [3.05, 3.63) is 48.4 Å². The number of anilines is 3. The predicted octanol–water partition coefficient (Wildman–Crippen LogP) is 3.24. The van der Waals surface area contributed by atoms with Crippen LogP contribution in [0.5, 0.6) is 0 Å². The molecule has 0 aliphatic carbocycles. The number of carbonyl (C=O) groups is 2. The van der Waals surface area contributed by atoms with Crippen LogP contribution in [0.4, 0.5) is 26.4 Å². The normalized spacial score (nSPS) is 15.2. The molecule has 0 bridgehead atoms. The highest BCUT2D eigenvalue weighted by atomic mass is 19.1. The van der Waals surface area contributed by atoms with Crippen LogP contribution in [-0.4, -0.2) is 72.0 Å². The minimum atomic E-state index is -0.395. The summed E-state index contributed by atoms with van der Waals surface area (Å²) in [7, 11) is 0. The van der Waals surface area contributed by atoms with Crippen LogP contribution in [0.3, 0.4) is 0 Å². The molecule has 172 valence electrons. The molecule has 0 radical (unpaired) electrons. The standard InChI is InChI=1S/C23H31FN6O2/c1-4-28(5-2)21-10-9-20(16-25-21)27-23(32)30-13-11-29(12-14-30)17(3)22(31)26-19-8-6-7-18(24)15-19/h6-10,15-17H,4-5,11-14H2,1-3H3,(H,26,31)(H,27,32)/t17-/m0/s1. The minimum Gasteiger partial charge on any atom is -0.357 e. The van der Waals surface area contributed by atoms with Crippen molar-refractivity contribution < 1.29 is 14.0 Å². The van der Waals surface area contributed by atoms with Gasteiger partial charge in [-0.2, -0.15) is 0 Å². The molecule has 0 unspecified atom stereocenters. The smallest absolute Gasteiger partial charge is 0.321 e. The molecule has 0 saturated carbocycles. The third-order valence-corrected chi connectivity index (χ3v) is 5.71. The quantitative estimate of drug-likeness (QED) is 0.688. The van der Waals surface area contributed by atoms with Crippen LogP contribution in [0.25, 0.3) is 0 Å². The third kappa shape index (κ3) is 5.94. The molecular formula is C23H31FN6O2. The molecule has 1 aliphatic rings. The summed E-state index contributed by atoms with van der Waals surface area (Å²) in [6.45, 7) is 9.88. The first kappa shape index (κ1) is 23.5. The molecule has 2 aromatic rings. The average molecular weight is 443 g/mol. The van der Waals surface area contributed by atoms with E-state index in [-0.39, 0.29) is 18.0 Å². The van der Waals surface area contributed by atoms with Crippen molar-refractivity contribution in [1.82, 2.24) is 14.8 Å². The van der Waals surface area contributed by atoms with E-state index >= 15 is 0 Å². The first-order chi connectivity index (χ1) is 15.4. The van der Waals surface area contributed by atoms with Gasteiger partial charge in [0.25, 0.3) is 0 Å². The number of carbonyl (C=O) groups excluding carboxylic acids is 2. The van der Waals surface area contributed by atoms with Crippen LogP contribution >= 0.6 is 0 Å². The lowest BCUT2D eigenvalue weighted by molar-refractivity contribution is -0.121. The van der Waals surface area contributed by atoms with E-state index in [1.807, 2.05) is 24.0 Å². The van der Waals surface area contributed by atoms with Gasteiger partial charge < -0.3 is 20.4 Å². The fourth-order valence-corrected chi connectivity index (χ4v) is 3.69. The average Bonchev–Trinajstić information content (AvgIpc) is 2.80. The van der Waals surface area contributed by atoms with Crippen molar-refractivity contribution in [3.8, 4) is 0 Å². The molecule has 1 aliphatic heterocycles. The van der Waals surface area contributed by atoms with Gasteiger partial charge in [0.15, 0.2) is 0 Å². The van der Waals surface area contributed by atoms with E-state index in [0.717, 1.165) is 18.9 Å². The van der Waals surface area contributed by atoms with E-state index < -0.39 is 5.82 Å². The Morgan fingerprint density at radius 2 is 1.78 bits per heavy atom. The molecule has 0 spiro atoms. The van der Waals surface area contributed by atoms with Crippen LogP contribution in [0.15, 0.2) is 42.6 Å². The zero-order chi connectivity index (χ0) is 23.1. The number of hydrogen-bond acceptors (Lipinski definition) is 5. The van der Waals surface area contributed by atoms with Gasteiger partial charge in [0.2, 0.25) is 5.91 Å². The lowest BCUT2D eigenvalue weighted by atomic mass is 10.2. The molecule has 2 N–H and O–H groups in total. The van der Waals surface area contributed by atoms with Crippen LogP contribution in [0.2, 0.25) is 0 Å². The Hall–Kier alpha value is -3.20. The van der Waals surface area contributed by atoms with Crippen LogP contribution in [-0.2, 0) is 4.79 Å². The zero-order valence-electron chi connectivity index (χ0n) is 18.8. The number of benzene rings is 1. The summed E-state index contributed by atoms with van der Waals surface area (Å²) < 4.78 is 13.3. The maximum atomic E-state index is 13.3. The molecular weight excluding hydrogens is 411 g/mol. The topological polar surface area (TPSA) is 80.8 Å². The monoisotopic (exact) mass is 442 g/mol. The third-order valence-electron chi connectivity index (χ3n) is 5.71. The number of nitrogens with one attached hydrogen (secondary N) is 2. The number of piperazine rings is 1. The lowest BCUT2D eigenvalue weighted by Gasteiger charge is -2.37. The number of rotatable bonds is 7. The number of nitrogens with zero attached hydrogens (tertiary/aromatic N) is 4. The van der Waals surface area contributed by atoms with E-state index in [1.54, 1.807) is 23.2 Å². The molecule has 1 atom stereocenters. The van der Waals surface area contributed by atoms with Crippen molar-refractivity contribution in [2.45, 2.75) is 26.8 Å². The van der Waals surface area contributed by atoms with E-state index in [9.17, 15) is 14.0 Å². The van der Waals surface area contributed by atoms with Crippen molar-refractivity contribution in [2.75, 3.05) is 54.8 Å². The second-order valence-electron chi connectivity index (χ2n) is 7.71. The Balaban J connectivity index is 1.48. The summed E-state index contributed by atoms with van der Waals surface area (Å²) in [5, 5.41) is 5.63. The molecule has 9 heteroatoms. The molecule has 1 fully saturated rings. The second-order valence-corrected chi connectivity index (χ2v) is 7.71. The first-order valence-electron chi connectivity index (χ1n) is 11.0. The summed E-state index contributed by atoms with van der Waals surface area (Å²) in [6.07, 6.45) is 1.67. The molecule has 3 amide bonds. The van der Waals surface area contributed by atoms with Gasteiger partial charge in [-0.25, -0.2) is 14.2 Å². The van der Waals surface area contributed by atoms with Gasteiger partial charge in [-0.05, 0) is 51.1 Å². The van der Waals surface area contributed by atoms with E-state index in [4.69, 9.17) is 0 Å². The minimum absolute atomic E-state index is 0.182. The van der Waals surface area contributed by atoms with Crippen LogP contribution in [0.1, 0.15) is 20.8 Å². The summed E-state index contributed by atoms with van der Waals surface area (Å²) in [6, 6.07) is 9.01. The molecule has 1 aromatic carbocycles. The summed E-state index contributed by atoms with van der Waals surface area (Å²) in [4.78, 5) is 35.5. The van der Waals surface area contributed by atoms with Gasteiger partial charge in [0.1, 0.15) is 11.6 Å². The van der Waals surface area contributed by atoms with E-state index in [2.05, 4.69) is 34.4 Å². The lowest BCUT2D eigenvalue weighted by Crippen LogP contribution is -2.54. The Bertz CT molecular complexity index is 911. The van der Waals surface area contributed by atoms with Gasteiger partial charge in [0.05, 0.1) is 17.9 Å². The van der Waals surface area contributed by atoms with Crippen molar-refractivity contribution in [1.29, 1.82) is 0 Å². The number of pyridine rings is 1. The highest BCUT2D eigenvalue weighted by molar-refractivity contribution is 5.94. The highest BCUT2D eigenvalue weighted by Crippen LogP contribution is 2.16. The van der Waals surface area contributed by atoms with Gasteiger partial charge in [0, 0.05) is 45.0 Å². The molecule has 2 heterocycles. The highest BCUT2D eigenvalue weighted by Gasteiger charge is 2.27. The fraction of sp³-hybridized carbons (Fsp3) is 0.435. The van der Waals surface area contributed by atoms with Gasteiger partial charge >= 0.3 is 6.03 Å². The molecule has 8 nitrogen and oxygen atoms in total. The Morgan fingerprint density at radius 3 is 2.38 bits per heavy atom. The largest absolute Gasteiger partial charge is 0.357 e. The predicted molar refractivity (Wildman–Crippen MR) is 124 cm³/mol. The first-order valence-corrected chi connectivity index (χ1v) is 11.0. The van der Waals surface area contributed by atoms with Gasteiger partial charge in [-0.3, -0.25) is 9.69 Å². The molecule has 32 heavy (non-hydrogen) atoms. The van der Waals surface area contributed by atoms with Crippen molar-refractivity contribution >= 4 is 29.1 Å². The van der Waals surface area contributed by atoms with Crippen molar-refractivity contribution in [2.24, 2.45) is 0 Å². The molecule has 1 aromatic heterocycles. The number of hydrogen-bond donors (Lipinski definition) is 2. The summed E-state index contributed by atoms with van der Waals surface area (Å²) in [5.41, 5.74) is 1.08.